The van der Waals surface area contributed by atoms with Crippen LogP contribution in [-0.2, 0) is 31.1 Å². The Balaban J connectivity index is 6.06. The zero-order valence-electron chi connectivity index (χ0n) is 18.1. The molecule has 0 N–H and O–H groups in total. The van der Waals surface area contributed by atoms with Crippen molar-refractivity contribution in [2.45, 2.75) is 118 Å². The van der Waals surface area contributed by atoms with E-state index in [4.69, 9.17) is 13.0 Å². The molecule has 0 atom stereocenters. The first-order chi connectivity index (χ1) is 10.8. The van der Waals surface area contributed by atoms with Crippen LogP contribution in [0, 0.1) is 0 Å². The van der Waals surface area contributed by atoms with E-state index < -0.39 is 26.5 Å². The third kappa shape index (κ3) is 6.82. The minimum absolute atomic E-state index is 0.0145. The molecule has 4 nitrogen and oxygen atoms in total. The third-order valence-electron chi connectivity index (χ3n) is 4.15. The van der Waals surface area contributed by atoms with Crippen molar-refractivity contribution in [2.24, 2.45) is 0 Å². The molecule has 0 rings (SSSR count). The number of hydrogen-bond acceptors (Lipinski definition) is 4. The molecule has 0 amide bonds. The predicted octanol–water partition coefficient (Wildman–Crippen LogP) is 6.27. The van der Waals surface area contributed by atoms with E-state index in [1.807, 2.05) is 41.5 Å². The maximum atomic E-state index is 7.00. The van der Waals surface area contributed by atoms with Crippen LogP contribution in [0.5, 0.6) is 0 Å². The first kappa shape index (κ1) is 24.8. The molecule has 0 bridgehead atoms. The van der Waals surface area contributed by atoms with Crippen molar-refractivity contribution < 1.29 is 31.1 Å². The molecular weight excluding hydrogens is 356 g/mol. The van der Waals surface area contributed by atoms with E-state index in [1.165, 1.54) is 0 Å². The van der Waals surface area contributed by atoms with E-state index in [9.17, 15) is 0 Å². The summed E-state index contributed by atoms with van der Waals surface area (Å²) in [5.41, 5.74) is 1.39. The molecule has 0 saturated carbocycles. The summed E-state index contributed by atoms with van der Waals surface area (Å²) >= 11 is -3.88. The van der Waals surface area contributed by atoms with Gasteiger partial charge in [-0.15, -0.1) is 0 Å². The van der Waals surface area contributed by atoms with Gasteiger partial charge >= 0.3 is 157 Å². The Morgan fingerprint density at radius 2 is 0.750 bits per heavy atom. The summed E-state index contributed by atoms with van der Waals surface area (Å²) < 4.78 is 26.0. The Hall–Kier alpha value is 0.771. The molecule has 0 saturated heterocycles. The maximum absolute atomic E-state index is 7.00. The van der Waals surface area contributed by atoms with Crippen LogP contribution in [0.4, 0.5) is 0 Å². The zero-order chi connectivity index (χ0) is 19.3. The van der Waals surface area contributed by atoms with Gasteiger partial charge in [0.05, 0.1) is 0 Å². The molecular formula is C18H42O4SiTi. The SMILES string of the molecule is CC(C)[O][Ti]([O]C(C)C)([O]C(C)C)[O][Si](C(C)C)(C(C)C)C(C)C. The van der Waals surface area contributed by atoms with Crippen LogP contribution in [0.25, 0.3) is 0 Å². The van der Waals surface area contributed by atoms with Gasteiger partial charge in [0.1, 0.15) is 0 Å². The van der Waals surface area contributed by atoms with Crippen molar-refractivity contribution in [1.29, 1.82) is 0 Å². The van der Waals surface area contributed by atoms with Crippen LogP contribution in [0.3, 0.4) is 0 Å². The monoisotopic (exact) mass is 398 g/mol. The quantitative estimate of drug-likeness (QED) is 0.385. The molecule has 24 heavy (non-hydrogen) atoms. The molecule has 0 fully saturated rings. The van der Waals surface area contributed by atoms with Gasteiger partial charge < -0.3 is 0 Å². The second-order valence-corrected chi connectivity index (χ2v) is 17.4. The van der Waals surface area contributed by atoms with Gasteiger partial charge in [0, 0.05) is 0 Å². The fourth-order valence-electron chi connectivity index (χ4n) is 3.59. The van der Waals surface area contributed by atoms with Crippen molar-refractivity contribution in [3.05, 3.63) is 0 Å². The second kappa shape index (κ2) is 10.2. The molecule has 6 heteroatoms. The Labute approximate surface area is 157 Å². The van der Waals surface area contributed by atoms with Crippen LogP contribution < -0.4 is 0 Å². The molecule has 0 aliphatic heterocycles. The molecule has 146 valence electrons. The molecule has 0 aliphatic carbocycles. The number of hydrogen-bond donors (Lipinski definition) is 0. The summed E-state index contributed by atoms with van der Waals surface area (Å²) in [6, 6.07) is 0. The molecule has 0 aromatic rings. The Kier molecular flexibility index (Phi) is 10.5. The topological polar surface area (TPSA) is 36.9 Å². The summed E-state index contributed by atoms with van der Waals surface area (Å²) in [4.78, 5) is 0. The molecule has 0 spiro atoms. The fraction of sp³-hybridized carbons (Fsp3) is 1.00. The van der Waals surface area contributed by atoms with Crippen molar-refractivity contribution in [3.8, 4) is 0 Å². The molecule has 0 heterocycles. The summed E-state index contributed by atoms with van der Waals surface area (Å²) in [5.74, 6) is 0. The molecule has 0 unspecified atom stereocenters. The molecule has 0 aromatic carbocycles. The first-order valence-corrected chi connectivity index (χ1v) is 14.2. The number of rotatable bonds is 11. The van der Waals surface area contributed by atoms with Gasteiger partial charge in [-0.1, -0.05) is 0 Å². The molecule has 0 aliphatic rings. The van der Waals surface area contributed by atoms with Crippen molar-refractivity contribution in [2.75, 3.05) is 0 Å². The average molecular weight is 398 g/mol. The summed E-state index contributed by atoms with van der Waals surface area (Å²) in [6.07, 6.45) is 0.0436. The van der Waals surface area contributed by atoms with Crippen LogP contribution >= 0.6 is 0 Å². The van der Waals surface area contributed by atoms with Crippen molar-refractivity contribution in [3.63, 3.8) is 0 Å². The average Bonchev–Trinajstić information content (AvgIpc) is 2.31. The van der Waals surface area contributed by atoms with Gasteiger partial charge in [-0.2, -0.15) is 0 Å². The minimum atomic E-state index is -3.88. The normalized spacial score (nSPS) is 14.2. The first-order valence-electron chi connectivity index (χ1n) is 9.52. The van der Waals surface area contributed by atoms with Crippen LogP contribution in [0.2, 0.25) is 16.6 Å². The summed E-state index contributed by atoms with van der Waals surface area (Å²) in [6.45, 7) is 25.8. The van der Waals surface area contributed by atoms with Gasteiger partial charge in [-0.25, -0.2) is 0 Å². The second-order valence-electron chi connectivity index (χ2n) is 8.42. The van der Waals surface area contributed by atoms with Gasteiger partial charge in [-0.05, 0) is 0 Å². The van der Waals surface area contributed by atoms with Gasteiger partial charge in [-0.3, -0.25) is 0 Å². The fourth-order valence-corrected chi connectivity index (χ4v) is 17.9. The zero-order valence-corrected chi connectivity index (χ0v) is 20.7. The Bertz CT molecular complexity index is 309. The summed E-state index contributed by atoms with van der Waals surface area (Å²) in [7, 11) is -2.16. The van der Waals surface area contributed by atoms with Gasteiger partial charge in [0.15, 0.2) is 0 Å². The summed E-state index contributed by atoms with van der Waals surface area (Å²) in [5, 5.41) is 0. The van der Waals surface area contributed by atoms with Crippen LogP contribution in [0.1, 0.15) is 83.1 Å². The van der Waals surface area contributed by atoms with E-state index in [0.717, 1.165) is 0 Å². The van der Waals surface area contributed by atoms with E-state index in [2.05, 4.69) is 41.5 Å². The van der Waals surface area contributed by atoms with Crippen molar-refractivity contribution in [1.82, 2.24) is 0 Å². The van der Waals surface area contributed by atoms with Gasteiger partial charge in [0.25, 0.3) is 0 Å². The van der Waals surface area contributed by atoms with Gasteiger partial charge in [0.2, 0.25) is 0 Å². The third-order valence-corrected chi connectivity index (χ3v) is 16.6. The van der Waals surface area contributed by atoms with E-state index in [-0.39, 0.29) is 18.3 Å². The standard InChI is InChI=1S/C9H21OSi.3C3H7O.Ti/c1-7(2)11(10,8(3)4)9(5)6;3*1-3(2)4;/h7-9H,1-6H3;3*3H,1-2H3;/q4*-1;+4. The Morgan fingerprint density at radius 3 is 0.917 bits per heavy atom. The van der Waals surface area contributed by atoms with Crippen LogP contribution in [-0.4, -0.2) is 26.6 Å². The molecule has 0 aromatic heterocycles. The van der Waals surface area contributed by atoms with E-state index in [0.29, 0.717) is 16.6 Å². The van der Waals surface area contributed by atoms with E-state index in [1.54, 1.807) is 0 Å². The van der Waals surface area contributed by atoms with Crippen LogP contribution in [0.15, 0.2) is 0 Å². The molecule has 0 radical (unpaired) electrons. The predicted molar refractivity (Wildman–Crippen MR) is 101 cm³/mol. The van der Waals surface area contributed by atoms with Crippen molar-refractivity contribution >= 4 is 8.32 Å². The van der Waals surface area contributed by atoms with E-state index >= 15 is 0 Å². The Morgan fingerprint density at radius 1 is 0.500 bits per heavy atom.